The minimum atomic E-state index is -0.0591. The minimum Gasteiger partial charge on any atom is -0.352 e. The average molecular weight is 387 g/mol. The lowest BCUT2D eigenvalue weighted by molar-refractivity contribution is 0.0950. The van der Waals surface area contributed by atoms with Crippen LogP contribution in [-0.4, -0.2) is 17.4 Å². The van der Waals surface area contributed by atoms with Gasteiger partial charge in [0, 0.05) is 23.5 Å². The third-order valence-corrected chi connectivity index (χ3v) is 5.88. The van der Waals surface area contributed by atoms with E-state index in [1.807, 2.05) is 30.3 Å². The van der Waals surface area contributed by atoms with Gasteiger partial charge in [-0.05, 0) is 55.9 Å². The van der Waals surface area contributed by atoms with E-state index in [-0.39, 0.29) is 5.91 Å². The van der Waals surface area contributed by atoms with Crippen molar-refractivity contribution in [3.63, 3.8) is 0 Å². The Morgan fingerprint density at radius 1 is 1.19 bits per heavy atom. The Hall–Kier alpha value is -1.78. The number of nitrogens with zero attached hydrogens (tertiary/aromatic N) is 1. The lowest BCUT2D eigenvalue weighted by Gasteiger charge is -2.13. The Morgan fingerprint density at radius 3 is 2.88 bits per heavy atom. The summed E-state index contributed by atoms with van der Waals surface area (Å²) in [7, 11) is 0. The molecule has 2 aromatic rings. The molecule has 0 spiro atoms. The Labute approximate surface area is 164 Å². The number of carbonyl (C=O) groups excluding carboxylic acids is 1. The van der Waals surface area contributed by atoms with Gasteiger partial charge in [-0.1, -0.05) is 41.4 Å². The molecule has 0 unspecified atom stereocenters. The molecule has 0 aliphatic heterocycles. The van der Waals surface area contributed by atoms with Gasteiger partial charge >= 0.3 is 0 Å². The van der Waals surface area contributed by atoms with Crippen LogP contribution in [0.15, 0.2) is 59.3 Å². The van der Waals surface area contributed by atoms with Gasteiger partial charge in [-0.3, -0.25) is 4.79 Å². The molecule has 1 aliphatic rings. The monoisotopic (exact) mass is 386 g/mol. The Kier molecular flexibility index (Phi) is 7.15. The van der Waals surface area contributed by atoms with Crippen molar-refractivity contribution in [2.24, 2.45) is 0 Å². The number of pyridine rings is 1. The van der Waals surface area contributed by atoms with Gasteiger partial charge in [0.05, 0.1) is 5.56 Å². The number of hydrogen-bond donors (Lipinski definition) is 1. The van der Waals surface area contributed by atoms with E-state index in [1.165, 1.54) is 43.0 Å². The number of allylic oxidation sites excluding steroid dienone is 1. The fraction of sp³-hybridized carbons (Fsp3) is 0.333. The van der Waals surface area contributed by atoms with E-state index >= 15 is 0 Å². The molecule has 0 atom stereocenters. The number of amides is 1. The van der Waals surface area contributed by atoms with E-state index in [1.54, 1.807) is 12.3 Å². The molecule has 0 radical (unpaired) electrons. The highest BCUT2D eigenvalue weighted by Crippen LogP contribution is 2.27. The molecule has 1 amide bonds. The van der Waals surface area contributed by atoms with Crippen LogP contribution in [0.4, 0.5) is 0 Å². The van der Waals surface area contributed by atoms with Gasteiger partial charge in [0.2, 0.25) is 0 Å². The molecule has 1 aromatic carbocycles. The van der Waals surface area contributed by atoms with Crippen LogP contribution < -0.4 is 5.32 Å². The van der Waals surface area contributed by atoms with Crippen molar-refractivity contribution in [3.05, 3.63) is 70.4 Å². The van der Waals surface area contributed by atoms with E-state index < -0.39 is 0 Å². The maximum absolute atomic E-state index is 12.6. The number of hydrogen-bond acceptors (Lipinski definition) is 3. The summed E-state index contributed by atoms with van der Waals surface area (Å²) in [6.07, 6.45) is 9.89. The summed E-state index contributed by atoms with van der Waals surface area (Å²) in [5, 5.41) is 4.51. The number of rotatable bonds is 7. The third-order valence-electron chi connectivity index (χ3n) is 4.45. The maximum Gasteiger partial charge on any atom is 0.254 e. The van der Waals surface area contributed by atoms with Crippen LogP contribution in [0.3, 0.4) is 0 Å². The summed E-state index contributed by atoms with van der Waals surface area (Å²) >= 11 is 7.75. The molecule has 0 saturated heterocycles. The first-order valence-corrected chi connectivity index (χ1v) is 10.4. The van der Waals surface area contributed by atoms with Gasteiger partial charge in [-0.25, -0.2) is 4.98 Å². The lowest BCUT2D eigenvalue weighted by Crippen LogP contribution is -2.25. The van der Waals surface area contributed by atoms with Crippen LogP contribution in [0.1, 0.15) is 48.0 Å². The lowest BCUT2D eigenvalue weighted by atomic mass is 9.97. The van der Waals surface area contributed by atoms with Gasteiger partial charge in [0.25, 0.3) is 5.91 Å². The average Bonchev–Trinajstić information content (AvgIpc) is 2.68. The standard InChI is InChI=1S/C21H23ClN2OS/c22-19-11-5-4-9-17(19)15-26-21-18(10-6-13-24-21)20(25)23-14-12-16-7-2-1-3-8-16/h4-7,9-11,13H,1-3,8,12,14-15H2,(H,23,25). The van der Waals surface area contributed by atoms with Crippen molar-refractivity contribution in [2.45, 2.75) is 42.9 Å². The smallest absolute Gasteiger partial charge is 0.254 e. The molecule has 0 fully saturated rings. The largest absolute Gasteiger partial charge is 0.352 e. The van der Waals surface area contributed by atoms with Gasteiger partial charge in [0.15, 0.2) is 0 Å². The third kappa shape index (κ3) is 5.36. The zero-order chi connectivity index (χ0) is 18.2. The second kappa shape index (κ2) is 9.79. The molecule has 1 aliphatic carbocycles. The number of aromatic nitrogens is 1. The number of thioether (sulfide) groups is 1. The van der Waals surface area contributed by atoms with E-state index in [0.29, 0.717) is 17.9 Å². The maximum atomic E-state index is 12.6. The Balaban J connectivity index is 1.58. The van der Waals surface area contributed by atoms with Crippen molar-refractivity contribution < 1.29 is 4.79 Å². The van der Waals surface area contributed by atoms with Gasteiger partial charge < -0.3 is 5.32 Å². The molecule has 0 bridgehead atoms. The predicted molar refractivity (Wildman–Crippen MR) is 109 cm³/mol. The van der Waals surface area contributed by atoms with Crippen molar-refractivity contribution in [1.82, 2.24) is 10.3 Å². The molecule has 1 heterocycles. The van der Waals surface area contributed by atoms with Crippen LogP contribution in [-0.2, 0) is 5.75 Å². The fourth-order valence-electron chi connectivity index (χ4n) is 3.00. The molecule has 5 heteroatoms. The van der Waals surface area contributed by atoms with Crippen LogP contribution in [0.5, 0.6) is 0 Å². The molecule has 1 aromatic heterocycles. The van der Waals surface area contributed by atoms with Gasteiger partial charge in [-0.15, -0.1) is 11.8 Å². The van der Waals surface area contributed by atoms with E-state index in [0.717, 1.165) is 22.0 Å². The first-order valence-electron chi connectivity index (χ1n) is 9.01. The van der Waals surface area contributed by atoms with Crippen LogP contribution >= 0.6 is 23.4 Å². The molecule has 136 valence electrons. The molecular formula is C21H23ClN2OS. The SMILES string of the molecule is O=C(NCCC1=CCCCC1)c1cccnc1SCc1ccccc1Cl. The van der Waals surface area contributed by atoms with Crippen molar-refractivity contribution >= 4 is 29.3 Å². The summed E-state index contributed by atoms with van der Waals surface area (Å²) in [5.41, 5.74) is 3.14. The first kappa shape index (κ1) is 19.0. The van der Waals surface area contributed by atoms with Crippen LogP contribution in [0.2, 0.25) is 5.02 Å². The van der Waals surface area contributed by atoms with Crippen LogP contribution in [0.25, 0.3) is 0 Å². The first-order chi connectivity index (χ1) is 12.7. The van der Waals surface area contributed by atoms with Gasteiger partial charge in [0.1, 0.15) is 5.03 Å². The zero-order valence-corrected chi connectivity index (χ0v) is 16.3. The highest BCUT2D eigenvalue weighted by Gasteiger charge is 2.13. The molecule has 0 saturated carbocycles. The van der Waals surface area contributed by atoms with Crippen LogP contribution in [0, 0.1) is 0 Å². The normalized spacial score (nSPS) is 14.0. The van der Waals surface area contributed by atoms with Crippen molar-refractivity contribution in [2.75, 3.05) is 6.54 Å². The quantitative estimate of drug-likeness (QED) is 0.494. The minimum absolute atomic E-state index is 0.0591. The van der Waals surface area contributed by atoms with Crippen molar-refractivity contribution in [3.8, 4) is 0 Å². The molecular weight excluding hydrogens is 364 g/mol. The number of carbonyl (C=O) groups is 1. The Morgan fingerprint density at radius 2 is 2.08 bits per heavy atom. The van der Waals surface area contributed by atoms with Crippen molar-refractivity contribution in [1.29, 1.82) is 0 Å². The summed E-state index contributed by atoms with van der Waals surface area (Å²) in [4.78, 5) is 17.0. The predicted octanol–water partition coefficient (Wildman–Crippen LogP) is 5.65. The molecule has 3 nitrogen and oxygen atoms in total. The second-order valence-electron chi connectivity index (χ2n) is 6.35. The number of halogens is 1. The fourth-order valence-corrected chi connectivity index (χ4v) is 4.28. The highest BCUT2D eigenvalue weighted by molar-refractivity contribution is 7.98. The summed E-state index contributed by atoms with van der Waals surface area (Å²) in [5.74, 6) is 0.625. The highest BCUT2D eigenvalue weighted by atomic mass is 35.5. The molecule has 1 N–H and O–H groups in total. The number of nitrogens with one attached hydrogen (secondary N) is 1. The second-order valence-corrected chi connectivity index (χ2v) is 7.72. The Bertz CT molecular complexity index is 791. The summed E-state index contributed by atoms with van der Waals surface area (Å²) in [6, 6.07) is 11.4. The van der Waals surface area contributed by atoms with Gasteiger partial charge in [-0.2, -0.15) is 0 Å². The molecule has 3 rings (SSSR count). The zero-order valence-electron chi connectivity index (χ0n) is 14.7. The molecule has 26 heavy (non-hydrogen) atoms. The van der Waals surface area contributed by atoms with E-state index in [9.17, 15) is 4.79 Å². The summed E-state index contributed by atoms with van der Waals surface area (Å²) in [6.45, 7) is 0.675. The summed E-state index contributed by atoms with van der Waals surface area (Å²) < 4.78 is 0. The van der Waals surface area contributed by atoms with E-state index in [2.05, 4.69) is 16.4 Å². The van der Waals surface area contributed by atoms with E-state index in [4.69, 9.17) is 11.6 Å². The topological polar surface area (TPSA) is 42.0 Å². The number of benzene rings is 1.